The van der Waals surface area contributed by atoms with Crippen LogP contribution in [-0.4, -0.2) is 108 Å². The molecule has 0 radical (unpaired) electrons. The lowest BCUT2D eigenvalue weighted by atomic mass is 9.95. The van der Waals surface area contributed by atoms with E-state index in [0.29, 0.717) is 50.3 Å². The molecule has 15 heteroatoms. The topological polar surface area (TPSA) is 183 Å². The minimum atomic E-state index is -1.12. The van der Waals surface area contributed by atoms with E-state index in [-0.39, 0.29) is 31.3 Å². The average molecular weight is 894 g/mol. The fraction of sp³-hybridized carbons (Fsp3) is 0.531. The van der Waals surface area contributed by atoms with Gasteiger partial charge in [-0.2, -0.15) is 0 Å². The maximum absolute atomic E-state index is 12.7. The molecule has 5 aromatic rings. The van der Waals surface area contributed by atoms with Crippen LogP contribution in [0.1, 0.15) is 105 Å². The van der Waals surface area contributed by atoms with Gasteiger partial charge in [-0.3, -0.25) is 4.79 Å². The third-order valence-electron chi connectivity index (χ3n) is 13.2. The van der Waals surface area contributed by atoms with Crippen molar-refractivity contribution in [2.45, 2.75) is 102 Å². The van der Waals surface area contributed by atoms with Crippen LogP contribution in [0.25, 0.3) is 32.4 Å². The van der Waals surface area contributed by atoms with Gasteiger partial charge in [0.15, 0.2) is 5.82 Å². The lowest BCUT2D eigenvalue weighted by molar-refractivity contribution is -0.139. The highest BCUT2D eigenvalue weighted by atomic mass is 32.1. The number of nitrogen functional groups attached to an aromatic ring is 1. The first kappa shape index (κ1) is 45.5. The van der Waals surface area contributed by atoms with Gasteiger partial charge in [-0.15, -0.1) is 11.3 Å². The molecule has 2 saturated heterocycles. The number of likely N-dealkylation sites (tertiary alicyclic amines) is 1. The molecule has 1 atom stereocenters. The molecule has 2 fully saturated rings. The van der Waals surface area contributed by atoms with Gasteiger partial charge in [-0.05, 0) is 105 Å². The van der Waals surface area contributed by atoms with Crippen LogP contribution in [0.3, 0.4) is 0 Å². The van der Waals surface area contributed by atoms with Crippen molar-refractivity contribution in [2.24, 2.45) is 5.92 Å². The average Bonchev–Trinajstić information content (AvgIpc) is 3.99. The Morgan fingerprint density at radius 1 is 0.969 bits per heavy atom. The number of anilines is 1. The number of imidazole rings is 1. The molecule has 8 rings (SSSR count). The lowest BCUT2D eigenvalue weighted by Crippen LogP contribution is -2.41. The summed E-state index contributed by atoms with van der Waals surface area (Å²) in [6.45, 7) is 9.03. The number of carbonyl (C=O) groups is 3. The first-order valence-corrected chi connectivity index (χ1v) is 24.2. The van der Waals surface area contributed by atoms with E-state index in [4.69, 9.17) is 29.9 Å². The number of alkyl carbamates (subject to hydrolysis) is 1. The Morgan fingerprint density at radius 2 is 1.70 bits per heavy atom. The number of ether oxygens (including phenoxy) is 3. The number of nitrogens with zero attached hydrogens (tertiary/aromatic N) is 4. The van der Waals surface area contributed by atoms with Crippen molar-refractivity contribution >= 4 is 56.4 Å². The SMILES string of the molecule is CCCCc1nc2c(N)nc3cc(C4CCN(CCOCCC(=O)NCCCC[C@H](NC(=O)OCC5c6ccccc6-c6ccccc65)C(=O)O)CC4)sc3c2n1CC1CCOCC1. The number of aryl methyl sites for hydroxylation is 1. The van der Waals surface area contributed by atoms with E-state index in [9.17, 15) is 19.5 Å². The van der Waals surface area contributed by atoms with Gasteiger partial charge in [-0.25, -0.2) is 19.6 Å². The summed E-state index contributed by atoms with van der Waals surface area (Å²) >= 11 is 1.87. The Balaban J connectivity index is 0.712. The first-order valence-electron chi connectivity index (χ1n) is 23.3. The molecule has 0 unspecified atom stereocenters. The number of hydrogen-bond donors (Lipinski definition) is 4. The maximum Gasteiger partial charge on any atom is 0.407 e. The molecule has 0 saturated carbocycles. The quantitative estimate of drug-likeness (QED) is 0.0526. The van der Waals surface area contributed by atoms with Crippen molar-refractivity contribution in [3.63, 3.8) is 0 Å². The summed E-state index contributed by atoms with van der Waals surface area (Å²) in [7, 11) is 0. The fourth-order valence-corrected chi connectivity index (χ4v) is 10.9. The second-order valence-electron chi connectivity index (χ2n) is 17.5. The van der Waals surface area contributed by atoms with Crippen molar-refractivity contribution in [1.82, 2.24) is 30.1 Å². The fourth-order valence-electron chi connectivity index (χ4n) is 9.59. The molecule has 2 aromatic carbocycles. The van der Waals surface area contributed by atoms with Crippen LogP contribution < -0.4 is 16.4 Å². The summed E-state index contributed by atoms with van der Waals surface area (Å²) < 4.78 is 20.7. The number of benzene rings is 2. The Morgan fingerprint density at radius 3 is 2.42 bits per heavy atom. The molecular formula is C49H63N7O7S. The number of fused-ring (bicyclic) bond motifs is 6. The molecule has 3 aromatic heterocycles. The number of unbranched alkanes of at least 4 members (excludes halogenated alkanes) is 2. The normalized spacial score (nSPS) is 16.5. The van der Waals surface area contributed by atoms with Gasteiger partial charge in [0.1, 0.15) is 24.0 Å². The van der Waals surface area contributed by atoms with Crippen LogP contribution in [0.15, 0.2) is 54.6 Å². The van der Waals surface area contributed by atoms with E-state index in [1.54, 1.807) is 0 Å². The molecule has 0 spiro atoms. The predicted octanol–water partition coefficient (Wildman–Crippen LogP) is 7.86. The van der Waals surface area contributed by atoms with Gasteiger partial charge >= 0.3 is 12.1 Å². The second-order valence-corrected chi connectivity index (χ2v) is 18.6. The molecule has 1 aliphatic carbocycles. The number of thiophene rings is 1. The summed E-state index contributed by atoms with van der Waals surface area (Å²) in [5, 5.41) is 15.2. The van der Waals surface area contributed by atoms with Crippen LogP contribution >= 0.6 is 11.3 Å². The summed E-state index contributed by atoms with van der Waals surface area (Å²) in [6.07, 6.45) is 8.24. The molecule has 5 N–H and O–H groups in total. The number of carboxylic acids is 1. The van der Waals surface area contributed by atoms with Crippen molar-refractivity contribution in [3.05, 3.63) is 76.4 Å². The number of pyridine rings is 1. The largest absolute Gasteiger partial charge is 0.480 e. The van der Waals surface area contributed by atoms with E-state index in [0.717, 1.165) is 129 Å². The standard InChI is InChI=1S/C49H63N7O7S/c1-2-3-15-42-54-44-45(56(42)30-32-18-25-61-26-19-32)46-40(52-47(44)50)29-41(64-46)33-16-22-55(23-17-33)24-28-62-27-20-43(57)51-21-9-8-14-39(48(58)59)53-49(60)63-31-38-36-12-6-4-10-34(36)35-11-5-7-13-37(35)38/h4-7,10-13,29,32-33,38-39H,2-3,8-9,14-28,30-31H2,1H3,(H2,50,52)(H,51,57)(H,53,60)(H,58,59)/t39-/m0/s1. The van der Waals surface area contributed by atoms with E-state index in [1.807, 2.05) is 47.7 Å². The van der Waals surface area contributed by atoms with Crippen LogP contribution in [0, 0.1) is 5.92 Å². The number of carbonyl (C=O) groups excluding carboxylic acids is 2. The third kappa shape index (κ3) is 10.9. The smallest absolute Gasteiger partial charge is 0.407 e. The first-order chi connectivity index (χ1) is 31.3. The predicted molar refractivity (Wildman–Crippen MR) is 250 cm³/mol. The lowest BCUT2D eigenvalue weighted by Gasteiger charge is -2.31. The molecule has 2 amide bonds. The zero-order valence-corrected chi connectivity index (χ0v) is 37.8. The Hall–Kier alpha value is -5.09. The summed E-state index contributed by atoms with van der Waals surface area (Å²) in [6, 6.07) is 17.3. The molecule has 64 heavy (non-hydrogen) atoms. The Labute approximate surface area is 379 Å². The van der Waals surface area contributed by atoms with Gasteiger partial charge in [0.05, 0.1) is 28.9 Å². The van der Waals surface area contributed by atoms with Crippen LogP contribution in [0.2, 0.25) is 0 Å². The highest BCUT2D eigenvalue weighted by Gasteiger charge is 2.30. The summed E-state index contributed by atoms with van der Waals surface area (Å²) in [5.74, 6) is 1.34. The van der Waals surface area contributed by atoms with Gasteiger partial charge in [0, 0.05) is 56.5 Å². The minimum Gasteiger partial charge on any atom is -0.480 e. The highest BCUT2D eigenvalue weighted by molar-refractivity contribution is 7.20. The van der Waals surface area contributed by atoms with Crippen LogP contribution in [0.4, 0.5) is 10.6 Å². The number of hydrogen-bond acceptors (Lipinski definition) is 11. The van der Waals surface area contributed by atoms with E-state index >= 15 is 0 Å². The monoisotopic (exact) mass is 893 g/mol. The van der Waals surface area contributed by atoms with E-state index in [2.05, 4.69) is 45.2 Å². The van der Waals surface area contributed by atoms with Gasteiger partial charge in [0.25, 0.3) is 0 Å². The van der Waals surface area contributed by atoms with Crippen molar-refractivity contribution in [2.75, 3.05) is 64.9 Å². The maximum atomic E-state index is 12.7. The molecule has 5 heterocycles. The molecular weight excluding hydrogens is 831 g/mol. The number of amides is 2. The zero-order valence-electron chi connectivity index (χ0n) is 37.0. The number of nitrogens with one attached hydrogen (secondary N) is 2. The van der Waals surface area contributed by atoms with Crippen LogP contribution in [0.5, 0.6) is 0 Å². The van der Waals surface area contributed by atoms with E-state index in [1.165, 1.54) is 9.58 Å². The highest BCUT2D eigenvalue weighted by Crippen LogP contribution is 2.45. The van der Waals surface area contributed by atoms with Gasteiger partial charge in [-0.1, -0.05) is 61.9 Å². The minimum absolute atomic E-state index is 0.104. The Bertz CT molecular complexity index is 2340. The molecule has 342 valence electrons. The Kier molecular flexibility index (Phi) is 15.4. The van der Waals surface area contributed by atoms with Gasteiger partial charge in [0.2, 0.25) is 5.91 Å². The molecule has 3 aliphatic rings. The molecule has 14 nitrogen and oxygen atoms in total. The molecule has 2 aliphatic heterocycles. The molecule has 0 bridgehead atoms. The number of rotatable bonds is 21. The number of aliphatic carboxylic acids is 1. The van der Waals surface area contributed by atoms with Crippen LogP contribution in [-0.2, 0) is 36.8 Å². The van der Waals surface area contributed by atoms with Crippen molar-refractivity contribution in [3.8, 4) is 11.1 Å². The number of carboxylic acid groups (broad SMARTS) is 1. The van der Waals surface area contributed by atoms with Crippen molar-refractivity contribution in [1.29, 1.82) is 0 Å². The summed E-state index contributed by atoms with van der Waals surface area (Å²) in [5.41, 5.74) is 14.0. The van der Waals surface area contributed by atoms with Gasteiger partial charge < -0.3 is 45.2 Å². The third-order valence-corrected chi connectivity index (χ3v) is 14.5. The van der Waals surface area contributed by atoms with E-state index < -0.39 is 18.1 Å². The zero-order chi connectivity index (χ0) is 44.4. The second kappa shape index (κ2) is 21.7. The number of piperidine rings is 1. The number of aromatic nitrogens is 3. The summed E-state index contributed by atoms with van der Waals surface area (Å²) in [4.78, 5) is 50.9. The number of nitrogens with two attached hydrogens (primary N) is 1. The van der Waals surface area contributed by atoms with Crippen molar-refractivity contribution < 1.29 is 33.7 Å².